The fourth-order valence-corrected chi connectivity index (χ4v) is 2.47. The van der Waals surface area contributed by atoms with Crippen molar-refractivity contribution < 1.29 is 4.74 Å². The Bertz CT molecular complexity index is 596. The Morgan fingerprint density at radius 3 is 3.18 bits per heavy atom. The van der Waals surface area contributed by atoms with Crippen LogP contribution in [-0.4, -0.2) is 22.8 Å². The van der Waals surface area contributed by atoms with E-state index in [9.17, 15) is 4.79 Å². The Kier molecular flexibility index (Phi) is 2.68. The van der Waals surface area contributed by atoms with Gasteiger partial charge in [0.15, 0.2) is 0 Å². The highest BCUT2D eigenvalue weighted by Gasteiger charge is 2.18. The monoisotopic (exact) mass is 252 g/mol. The summed E-state index contributed by atoms with van der Waals surface area (Å²) in [5, 5.41) is 0.634. The zero-order valence-corrected chi connectivity index (χ0v) is 10.0. The van der Waals surface area contributed by atoms with E-state index in [2.05, 4.69) is 4.98 Å². The van der Waals surface area contributed by atoms with Crippen LogP contribution in [0, 0.1) is 5.92 Å². The van der Waals surface area contributed by atoms with Crippen molar-refractivity contribution in [2.75, 3.05) is 13.2 Å². The van der Waals surface area contributed by atoms with Gasteiger partial charge in [-0.1, -0.05) is 11.6 Å². The molecule has 1 saturated heterocycles. The maximum absolute atomic E-state index is 11.9. The smallest absolute Gasteiger partial charge is 0.326 e. The third-order valence-electron chi connectivity index (χ3n) is 3.20. The average molecular weight is 253 g/mol. The van der Waals surface area contributed by atoms with Crippen molar-refractivity contribution in [2.45, 2.75) is 13.0 Å². The van der Waals surface area contributed by atoms with E-state index in [-0.39, 0.29) is 5.69 Å². The van der Waals surface area contributed by atoms with Crippen molar-refractivity contribution in [3.05, 3.63) is 33.7 Å². The van der Waals surface area contributed by atoms with Crippen LogP contribution in [0.4, 0.5) is 0 Å². The Balaban J connectivity index is 2.02. The van der Waals surface area contributed by atoms with Gasteiger partial charge < -0.3 is 9.72 Å². The van der Waals surface area contributed by atoms with Crippen LogP contribution in [0.1, 0.15) is 6.42 Å². The highest BCUT2D eigenvalue weighted by atomic mass is 35.5. The number of fused-ring (bicyclic) bond motifs is 1. The van der Waals surface area contributed by atoms with Gasteiger partial charge in [0.05, 0.1) is 17.6 Å². The van der Waals surface area contributed by atoms with Gasteiger partial charge in [0, 0.05) is 24.1 Å². The molecule has 4 nitrogen and oxygen atoms in total. The fourth-order valence-electron chi connectivity index (χ4n) is 2.30. The molecule has 0 radical (unpaired) electrons. The van der Waals surface area contributed by atoms with Crippen LogP contribution >= 0.6 is 11.6 Å². The van der Waals surface area contributed by atoms with Crippen molar-refractivity contribution in [3.63, 3.8) is 0 Å². The molecular weight excluding hydrogens is 240 g/mol. The van der Waals surface area contributed by atoms with E-state index in [0.717, 1.165) is 30.7 Å². The predicted molar refractivity (Wildman–Crippen MR) is 66.5 cm³/mol. The van der Waals surface area contributed by atoms with Crippen molar-refractivity contribution in [1.29, 1.82) is 0 Å². The van der Waals surface area contributed by atoms with E-state index in [4.69, 9.17) is 16.3 Å². The van der Waals surface area contributed by atoms with E-state index in [1.807, 2.05) is 6.07 Å². The largest absolute Gasteiger partial charge is 0.381 e. The van der Waals surface area contributed by atoms with Crippen LogP contribution in [0.3, 0.4) is 0 Å². The molecule has 17 heavy (non-hydrogen) atoms. The molecule has 1 fully saturated rings. The number of imidazole rings is 1. The molecule has 0 aliphatic carbocycles. The second-order valence-electron chi connectivity index (χ2n) is 4.43. The lowest BCUT2D eigenvalue weighted by Gasteiger charge is -2.08. The number of rotatable bonds is 2. The van der Waals surface area contributed by atoms with Gasteiger partial charge in [-0.3, -0.25) is 4.57 Å². The molecule has 1 unspecified atom stereocenters. The Labute approximate surface area is 103 Å². The van der Waals surface area contributed by atoms with Crippen molar-refractivity contribution in [2.24, 2.45) is 5.92 Å². The summed E-state index contributed by atoms with van der Waals surface area (Å²) in [6.45, 7) is 2.25. The summed E-state index contributed by atoms with van der Waals surface area (Å²) in [6.07, 6.45) is 1.02. The van der Waals surface area contributed by atoms with Crippen LogP contribution in [0.15, 0.2) is 23.0 Å². The zero-order chi connectivity index (χ0) is 11.8. The minimum absolute atomic E-state index is 0.0748. The zero-order valence-electron chi connectivity index (χ0n) is 9.28. The molecule has 2 aromatic rings. The first-order valence-electron chi connectivity index (χ1n) is 5.70. The van der Waals surface area contributed by atoms with E-state index in [1.54, 1.807) is 16.7 Å². The lowest BCUT2D eigenvalue weighted by Crippen LogP contribution is -2.21. The molecule has 1 aliphatic heterocycles. The Morgan fingerprint density at radius 1 is 1.53 bits per heavy atom. The number of aromatic amines is 1. The number of nitrogens with zero attached hydrogens (tertiary/aromatic N) is 1. The maximum Gasteiger partial charge on any atom is 0.326 e. The highest BCUT2D eigenvalue weighted by molar-refractivity contribution is 6.31. The number of H-pyrrole nitrogens is 1. The molecule has 0 bridgehead atoms. The molecular formula is C12H13ClN2O2. The molecule has 1 N–H and O–H groups in total. The summed E-state index contributed by atoms with van der Waals surface area (Å²) in [4.78, 5) is 14.7. The van der Waals surface area contributed by atoms with Gasteiger partial charge in [0.2, 0.25) is 0 Å². The molecule has 5 heteroatoms. The van der Waals surface area contributed by atoms with Crippen molar-refractivity contribution in [3.8, 4) is 0 Å². The number of aromatic nitrogens is 2. The summed E-state index contributed by atoms with van der Waals surface area (Å²) in [5.41, 5.74) is 1.63. The lowest BCUT2D eigenvalue weighted by atomic mass is 10.1. The van der Waals surface area contributed by atoms with E-state index >= 15 is 0 Å². The molecule has 2 heterocycles. The summed E-state index contributed by atoms with van der Waals surface area (Å²) in [5.74, 6) is 0.433. The fraction of sp³-hybridized carbons (Fsp3) is 0.417. The van der Waals surface area contributed by atoms with Gasteiger partial charge in [0.25, 0.3) is 0 Å². The van der Waals surface area contributed by atoms with Crippen LogP contribution in [0.5, 0.6) is 0 Å². The number of ether oxygens (including phenoxy) is 1. The third-order valence-corrected chi connectivity index (χ3v) is 3.44. The van der Waals surface area contributed by atoms with Crippen LogP contribution < -0.4 is 5.69 Å². The van der Waals surface area contributed by atoms with Gasteiger partial charge in [-0.25, -0.2) is 4.79 Å². The minimum atomic E-state index is -0.0748. The van der Waals surface area contributed by atoms with Crippen LogP contribution in [0.25, 0.3) is 11.0 Å². The normalized spacial score (nSPS) is 20.2. The van der Waals surface area contributed by atoms with Gasteiger partial charge in [0.1, 0.15) is 0 Å². The second-order valence-corrected chi connectivity index (χ2v) is 4.87. The van der Waals surface area contributed by atoms with Crippen molar-refractivity contribution >= 4 is 22.6 Å². The first-order chi connectivity index (χ1) is 8.24. The van der Waals surface area contributed by atoms with Gasteiger partial charge >= 0.3 is 5.69 Å². The number of hydrogen-bond acceptors (Lipinski definition) is 2. The maximum atomic E-state index is 11.9. The molecule has 1 aromatic heterocycles. The molecule has 0 amide bonds. The summed E-state index contributed by atoms with van der Waals surface area (Å²) < 4.78 is 7.10. The molecule has 1 atom stereocenters. The molecule has 0 saturated carbocycles. The quantitative estimate of drug-likeness (QED) is 0.889. The average Bonchev–Trinajstić information content (AvgIpc) is 2.88. The topological polar surface area (TPSA) is 47.0 Å². The number of nitrogens with one attached hydrogen (secondary N) is 1. The van der Waals surface area contributed by atoms with Crippen molar-refractivity contribution in [1.82, 2.24) is 9.55 Å². The standard InChI is InChI=1S/C12H13ClN2O2/c13-9-1-2-11-10(5-9)14-12(16)15(11)6-8-3-4-17-7-8/h1-2,5,8H,3-4,6-7H2,(H,14,16). The number of benzene rings is 1. The summed E-state index contributed by atoms with van der Waals surface area (Å²) in [6, 6.07) is 5.46. The Hall–Kier alpha value is -1.26. The first kappa shape index (κ1) is 10.9. The van der Waals surface area contributed by atoms with Gasteiger partial charge in [-0.15, -0.1) is 0 Å². The third kappa shape index (κ3) is 1.98. The molecule has 90 valence electrons. The highest BCUT2D eigenvalue weighted by Crippen LogP contribution is 2.19. The minimum Gasteiger partial charge on any atom is -0.381 e. The number of hydrogen-bond donors (Lipinski definition) is 1. The SMILES string of the molecule is O=c1[nH]c2cc(Cl)ccc2n1CC1CCOC1. The molecule has 3 rings (SSSR count). The van der Waals surface area contributed by atoms with Crippen LogP contribution in [0.2, 0.25) is 5.02 Å². The van der Waals surface area contributed by atoms with Crippen LogP contribution in [-0.2, 0) is 11.3 Å². The molecule has 0 spiro atoms. The van der Waals surface area contributed by atoms with E-state index in [1.165, 1.54) is 0 Å². The van der Waals surface area contributed by atoms with Gasteiger partial charge in [-0.2, -0.15) is 0 Å². The van der Waals surface area contributed by atoms with E-state index < -0.39 is 0 Å². The summed E-state index contributed by atoms with van der Waals surface area (Å²) in [7, 11) is 0. The lowest BCUT2D eigenvalue weighted by molar-refractivity contribution is 0.182. The van der Waals surface area contributed by atoms with Gasteiger partial charge in [-0.05, 0) is 24.6 Å². The number of halogens is 1. The van der Waals surface area contributed by atoms with E-state index in [0.29, 0.717) is 17.5 Å². The summed E-state index contributed by atoms with van der Waals surface area (Å²) >= 11 is 5.90. The first-order valence-corrected chi connectivity index (χ1v) is 6.07. The predicted octanol–water partition coefficient (Wildman–Crippen LogP) is 2.02. The second kappa shape index (κ2) is 4.20. The molecule has 1 aliphatic rings. The Morgan fingerprint density at radius 2 is 2.41 bits per heavy atom. The molecule has 1 aromatic carbocycles.